The molecular weight excluding hydrogens is 324 g/mol. The van der Waals surface area contributed by atoms with Crippen molar-refractivity contribution in [3.05, 3.63) is 44.5 Å². The molecule has 0 saturated heterocycles. The van der Waals surface area contributed by atoms with E-state index in [0.717, 1.165) is 11.5 Å². The van der Waals surface area contributed by atoms with E-state index in [1.54, 1.807) is 0 Å². The fraction of sp³-hybridized carbons (Fsp3) is 0. The first-order valence-electron chi connectivity index (χ1n) is 4.60. The largest absolute Gasteiger partial charge is 0.311 e. The van der Waals surface area contributed by atoms with Gasteiger partial charge in [-0.05, 0) is 22.0 Å². The summed E-state index contributed by atoms with van der Waals surface area (Å²) in [5.74, 6) is -0.461. The Bertz CT molecular complexity index is 602. The maximum absolute atomic E-state index is 11.9. The van der Waals surface area contributed by atoms with Crippen LogP contribution in [0, 0.1) is 10.1 Å². The van der Waals surface area contributed by atoms with E-state index < -0.39 is 10.8 Å². The molecule has 92 valence electrons. The van der Waals surface area contributed by atoms with Crippen molar-refractivity contribution in [2.45, 2.75) is 0 Å². The number of rotatable bonds is 3. The molecular formula is C9H5BrN4O3S. The highest BCUT2D eigenvalue weighted by molar-refractivity contribution is 9.10. The summed E-state index contributed by atoms with van der Waals surface area (Å²) in [5.41, 5.74) is 0.0309. The molecule has 9 heteroatoms. The molecule has 1 aromatic carbocycles. The topological polar surface area (TPSA) is 98.0 Å². The van der Waals surface area contributed by atoms with E-state index in [1.165, 1.54) is 24.4 Å². The van der Waals surface area contributed by atoms with E-state index in [4.69, 9.17) is 0 Å². The molecule has 0 aliphatic carbocycles. The van der Waals surface area contributed by atoms with Crippen LogP contribution in [0.1, 0.15) is 10.4 Å². The summed E-state index contributed by atoms with van der Waals surface area (Å²) in [6.07, 6.45) is 1.40. The molecule has 0 radical (unpaired) electrons. The number of nitro groups is 1. The third-order valence-corrected chi connectivity index (χ3v) is 3.28. The minimum Gasteiger partial charge on any atom is -0.311 e. The van der Waals surface area contributed by atoms with Crippen LogP contribution < -0.4 is 5.32 Å². The van der Waals surface area contributed by atoms with Gasteiger partial charge < -0.3 is 5.32 Å². The standard InChI is InChI=1S/C9H5BrN4O3S/c10-7-2-1-5(14(16)17)3-6(7)9(15)12-8-4-11-13-18-8/h1-4H,(H,12,15). The Labute approximate surface area is 113 Å². The molecule has 1 amide bonds. The minimum atomic E-state index is -0.558. The number of benzene rings is 1. The summed E-state index contributed by atoms with van der Waals surface area (Å²) in [6, 6.07) is 3.97. The second-order valence-corrected chi connectivity index (χ2v) is 4.80. The van der Waals surface area contributed by atoms with Gasteiger partial charge in [0.2, 0.25) is 0 Å². The van der Waals surface area contributed by atoms with Gasteiger partial charge in [-0.15, -0.1) is 5.10 Å². The highest BCUT2D eigenvalue weighted by atomic mass is 79.9. The Hall–Kier alpha value is -1.87. The molecule has 0 bridgehead atoms. The quantitative estimate of drug-likeness (QED) is 0.689. The van der Waals surface area contributed by atoms with Crippen LogP contribution in [-0.4, -0.2) is 20.4 Å². The SMILES string of the molecule is O=C(Nc1cnns1)c1cc([N+](=O)[O-])ccc1Br. The summed E-state index contributed by atoms with van der Waals surface area (Å²) < 4.78 is 4.07. The van der Waals surface area contributed by atoms with Gasteiger partial charge in [0.1, 0.15) is 5.00 Å². The van der Waals surface area contributed by atoms with Gasteiger partial charge in [0.25, 0.3) is 11.6 Å². The number of nitrogens with zero attached hydrogens (tertiary/aromatic N) is 3. The lowest BCUT2D eigenvalue weighted by Gasteiger charge is -2.03. The average Bonchev–Trinajstić information content (AvgIpc) is 2.81. The fourth-order valence-electron chi connectivity index (χ4n) is 1.20. The maximum Gasteiger partial charge on any atom is 0.270 e. The molecule has 0 fully saturated rings. The summed E-state index contributed by atoms with van der Waals surface area (Å²) in [4.78, 5) is 22.0. The Morgan fingerprint density at radius 2 is 2.28 bits per heavy atom. The predicted octanol–water partition coefficient (Wildman–Crippen LogP) is 2.46. The van der Waals surface area contributed by atoms with E-state index in [1.807, 2.05) is 0 Å². The average molecular weight is 329 g/mol. The number of carbonyl (C=O) groups is 1. The Morgan fingerprint density at radius 3 is 2.89 bits per heavy atom. The predicted molar refractivity (Wildman–Crippen MR) is 68.7 cm³/mol. The number of anilines is 1. The first kappa shape index (κ1) is 12.6. The number of amides is 1. The molecule has 1 aromatic heterocycles. The molecule has 0 saturated carbocycles. The smallest absolute Gasteiger partial charge is 0.270 e. The van der Waals surface area contributed by atoms with Gasteiger partial charge in [-0.1, -0.05) is 4.49 Å². The number of nitro benzene ring substituents is 1. The highest BCUT2D eigenvalue weighted by Gasteiger charge is 2.16. The third kappa shape index (κ3) is 2.68. The fourth-order valence-corrected chi connectivity index (χ4v) is 2.04. The third-order valence-electron chi connectivity index (χ3n) is 2.00. The molecule has 0 atom stereocenters. The maximum atomic E-state index is 11.9. The number of carbonyl (C=O) groups excluding carboxylic acids is 1. The summed E-state index contributed by atoms with van der Waals surface area (Å²) in [7, 11) is 0. The lowest BCUT2D eigenvalue weighted by molar-refractivity contribution is -0.384. The molecule has 0 aliphatic rings. The minimum absolute atomic E-state index is 0.147. The number of halogens is 1. The molecule has 7 nitrogen and oxygen atoms in total. The van der Waals surface area contributed by atoms with Crippen molar-refractivity contribution in [2.24, 2.45) is 0 Å². The van der Waals surface area contributed by atoms with Crippen LogP contribution in [0.3, 0.4) is 0 Å². The molecule has 18 heavy (non-hydrogen) atoms. The van der Waals surface area contributed by atoms with Crippen LogP contribution in [0.25, 0.3) is 0 Å². The zero-order chi connectivity index (χ0) is 13.1. The molecule has 1 N–H and O–H groups in total. The molecule has 0 unspecified atom stereocenters. The summed E-state index contributed by atoms with van der Waals surface area (Å²) in [6.45, 7) is 0. The Morgan fingerprint density at radius 1 is 1.50 bits per heavy atom. The number of nitrogens with one attached hydrogen (secondary N) is 1. The lowest BCUT2D eigenvalue weighted by atomic mass is 10.2. The zero-order valence-electron chi connectivity index (χ0n) is 8.66. The van der Waals surface area contributed by atoms with Crippen molar-refractivity contribution in [3.8, 4) is 0 Å². The van der Waals surface area contributed by atoms with Crippen LogP contribution in [-0.2, 0) is 0 Å². The molecule has 2 aromatic rings. The van der Waals surface area contributed by atoms with Gasteiger partial charge in [-0.2, -0.15) is 0 Å². The summed E-state index contributed by atoms with van der Waals surface area (Å²) >= 11 is 4.19. The van der Waals surface area contributed by atoms with Crippen molar-refractivity contribution >= 4 is 44.1 Å². The van der Waals surface area contributed by atoms with Gasteiger partial charge in [0, 0.05) is 28.1 Å². The van der Waals surface area contributed by atoms with Gasteiger partial charge in [-0.25, -0.2) is 0 Å². The van der Waals surface area contributed by atoms with Crippen LogP contribution in [0.15, 0.2) is 28.9 Å². The van der Waals surface area contributed by atoms with E-state index in [2.05, 4.69) is 30.8 Å². The second-order valence-electron chi connectivity index (χ2n) is 3.16. The molecule has 0 aliphatic heterocycles. The van der Waals surface area contributed by atoms with Gasteiger partial charge in [-0.3, -0.25) is 14.9 Å². The van der Waals surface area contributed by atoms with Crippen LogP contribution in [0.4, 0.5) is 10.7 Å². The number of hydrogen-bond acceptors (Lipinski definition) is 6. The van der Waals surface area contributed by atoms with Crippen LogP contribution in [0.5, 0.6) is 0 Å². The van der Waals surface area contributed by atoms with Crippen molar-refractivity contribution in [2.75, 3.05) is 5.32 Å². The number of non-ortho nitro benzene ring substituents is 1. The van der Waals surface area contributed by atoms with Crippen molar-refractivity contribution in [1.82, 2.24) is 9.59 Å². The van der Waals surface area contributed by atoms with E-state index in [-0.39, 0.29) is 11.3 Å². The number of hydrogen-bond donors (Lipinski definition) is 1. The molecule has 2 rings (SSSR count). The number of aromatic nitrogens is 2. The van der Waals surface area contributed by atoms with Crippen molar-refractivity contribution in [1.29, 1.82) is 0 Å². The van der Waals surface area contributed by atoms with E-state index in [0.29, 0.717) is 9.47 Å². The first-order valence-corrected chi connectivity index (χ1v) is 6.17. The van der Waals surface area contributed by atoms with Crippen molar-refractivity contribution < 1.29 is 9.72 Å². The van der Waals surface area contributed by atoms with Gasteiger partial charge >= 0.3 is 0 Å². The first-order chi connectivity index (χ1) is 8.58. The van der Waals surface area contributed by atoms with Crippen molar-refractivity contribution in [3.63, 3.8) is 0 Å². The van der Waals surface area contributed by atoms with Gasteiger partial charge in [0.15, 0.2) is 0 Å². The monoisotopic (exact) mass is 328 g/mol. The van der Waals surface area contributed by atoms with Crippen LogP contribution >= 0.6 is 27.5 Å². The summed E-state index contributed by atoms with van der Waals surface area (Å²) in [5, 5.41) is 17.2. The Balaban J connectivity index is 2.29. The molecule has 1 heterocycles. The normalized spacial score (nSPS) is 10.1. The van der Waals surface area contributed by atoms with Crippen LogP contribution in [0.2, 0.25) is 0 Å². The van der Waals surface area contributed by atoms with E-state index in [9.17, 15) is 14.9 Å². The molecule has 0 spiro atoms. The highest BCUT2D eigenvalue weighted by Crippen LogP contribution is 2.23. The Kier molecular flexibility index (Phi) is 3.63. The second kappa shape index (κ2) is 5.19. The zero-order valence-corrected chi connectivity index (χ0v) is 11.1. The lowest BCUT2D eigenvalue weighted by Crippen LogP contribution is -2.12. The van der Waals surface area contributed by atoms with E-state index >= 15 is 0 Å². The van der Waals surface area contributed by atoms with Gasteiger partial charge in [0.05, 0.1) is 16.7 Å².